The van der Waals surface area contributed by atoms with Gasteiger partial charge in [0, 0.05) is 62.0 Å². The Balaban J connectivity index is 1.10. The van der Waals surface area contributed by atoms with Crippen LogP contribution in [0.15, 0.2) is 12.4 Å². The van der Waals surface area contributed by atoms with E-state index in [-0.39, 0.29) is 5.92 Å². The Hall–Kier alpha value is -1.53. The van der Waals surface area contributed by atoms with Crippen molar-refractivity contribution in [3.63, 3.8) is 0 Å². The third-order valence-electron chi connectivity index (χ3n) is 8.91. The van der Waals surface area contributed by atoms with Crippen molar-refractivity contribution >= 4 is 11.7 Å². The summed E-state index contributed by atoms with van der Waals surface area (Å²) in [5, 5.41) is 0. The van der Waals surface area contributed by atoms with Gasteiger partial charge in [0.15, 0.2) is 0 Å². The monoisotopic (exact) mass is 453 g/mol. The summed E-state index contributed by atoms with van der Waals surface area (Å²) in [6.07, 6.45) is 11.4. The summed E-state index contributed by atoms with van der Waals surface area (Å²) in [5.41, 5.74) is 1.32. The van der Waals surface area contributed by atoms with Crippen molar-refractivity contribution < 1.29 is 4.79 Å². The quantitative estimate of drug-likeness (QED) is 0.623. The maximum Gasteiger partial charge on any atom is 0.225 e. The summed E-state index contributed by atoms with van der Waals surface area (Å²) < 4.78 is 0. The van der Waals surface area contributed by atoms with Crippen molar-refractivity contribution in [2.75, 3.05) is 37.6 Å². The van der Waals surface area contributed by atoms with Crippen molar-refractivity contribution in [1.29, 1.82) is 0 Å². The molecule has 2 unspecified atom stereocenters. The topological polar surface area (TPSA) is 52.6 Å². The van der Waals surface area contributed by atoms with Crippen LogP contribution >= 0.6 is 0 Å². The number of hydrogen-bond donors (Lipinski definition) is 0. The third-order valence-corrected chi connectivity index (χ3v) is 8.91. The summed E-state index contributed by atoms with van der Waals surface area (Å²) in [4.78, 5) is 29.6. The van der Waals surface area contributed by atoms with E-state index in [4.69, 9.17) is 9.97 Å². The van der Waals surface area contributed by atoms with Crippen LogP contribution in [0, 0.1) is 17.8 Å². The fraction of sp³-hybridized carbons (Fsp3) is 0.815. The standard InChI is InChI=1S/C27H43N5O/c1-18(2)26(33)22-11-20(12-22)15-30-9-7-21(8-10-30)23-13-28-27(29-14-23)32-24-5-6-25(32)17-31(16-24)19(3)4/h13-14,18-22,24-25H,5-12,15-17H2,1-4H3/t20-,22+,24?,25?. The molecule has 1 aliphatic carbocycles. The molecule has 0 spiro atoms. The smallest absolute Gasteiger partial charge is 0.225 e. The van der Waals surface area contributed by atoms with E-state index in [9.17, 15) is 4.79 Å². The van der Waals surface area contributed by atoms with E-state index in [0.717, 1.165) is 50.9 Å². The van der Waals surface area contributed by atoms with Gasteiger partial charge in [-0.25, -0.2) is 9.97 Å². The molecule has 0 amide bonds. The molecule has 4 aliphatic rings. The number of fused-ring (bicyclic) bond motifs is 2. The number of anilines is 1. The molecule has 0 radical (unpaired) electrons. The first kappa shape index (κ1) is 23.2. The summed E-state index contributed by atoms with van der Waals surface area (Å²) in [7, 11) is 0. The van der Waals surface area contributed by atoms with Crippen LogP contribution in [-0.2, 0) is 4.79 Å². The van der Waals surface area contributed by atoms with Gasteiger partial charge in [0.1, 0.15) is 5.78 Å². The molecule has 1 aromatic heterocycles. The zero-order valence-electron chi connectivity index (χ0n) is 21.1. The zero-order valence-corrected chi connectivity index (χ0v) is 21.1. The van der Waals surface area contributed by atoms with Gasteiger partial charge in [0.05, 0.1) is 0 Å². The first-order chi connectivity index (χ1) is 15.9. The number of rotatable bonds is 7. The molecular weight excluding hydrogens is 410 g/mol. The molecule has 3 aliphatic heterocycles. The van der Waals surface area contributed by atoms with Crippen LogP contribution < -0.4 is 4.90 Å². The van der Waals surface area contributed by atoms with E-state index in [2.05, 4.69) is 40.9 Å². The summed E-state index contributed by atoms with van der Waals surface area (Å²) >= 11 is 0. The molecule has 1 aromatic rings. The molecule has 2 atom stereocenters. The van der Waals surface area contributed by atoms with Crippen molar-refractivity contribution in [2.24, 2.45) is 17.8 Å². The molecule has 0 aromatic carbocycles. The number of nitrogens with zero attached hydrogens (tertiary/aromatic N) is 5. The Labute approximate surface area is 200 Å². The van der Waals surface area contributed by atoms with Crippen LogP contribution in [0.1, 0.15) is 77.7 Å². The SMILES string of the molecule is CC(C)C(=O)[C@H]1C[C@@H](CN2CCC(c3cnc(N4C5CCC4CN(C(C)C)C5)nc3)CC2)C1. The Morgan fingerprint density at radius 1 is 0.970 bits per heavy atom. The number of hydrogen-bond acceptors (Lipinski definition) is 6. The molecule has 3 saturated heterocycles. The summed E-state index contributed by atoms with van der Waals surface area (Å²) in [6, 6.07) is 1.77. The molecular formula is C27H43N5O. The van der Waals surface area contributed by atoms with Crippen molar-refractivity contribution in [2.45, 2.75) is 90.3 Å². The molecule has 33 heavy (non-hydrogen) atoms. The number of piperazine rings is 1. The molecule has 0 N–H and O–H groups in total. The van der Waals surface area contributed by atoms with E-state index >= 15 is 0 Å². The highest BCUT2D eigenvalue weighted by Gasteiger charge is 2.42. The minimum atomic E-state index is 0.195. The zero-order chi connectivity index (χ0) is 23.1. The largest absolute Gasteiger partial charge is 0.332 e. The summed E-state index contributed by atoms with van der Waals surface area (Å²) in [5.74, 6) is 3.27. The van der Waals surface area contributed by atoms with Crippen LogP contribution in [-0.4, -0.2) is 76.4 Å². The molecule has 6 nitrogen and oxygen atoms in total. The lowest BCUT2D eigenvalue weighted by molar-refractivity contribution is -0.130. The molecule has 4 heterocycles. The first-order valence-corrected chi connectivity index (χ1v) is 13.5. The number of carbonyl (C=O) groups is 1. The van der Waals surface area contributed by atoms with Gasteiger partial charge in [0.25, 0.3) is 0 Å². The van der Waals surface area contributed by atoms with Crippen molar-refractivity contribution in [3.8, 4) is 0 Å². The normalized spacial score (nSPS) is 31.4. The van der Waals surface area contributed by atoms with E-state index in [1.54, 1.807) is 0 Å². The van der Waals surface area contributed by atoms with Gasteiger partial charge in [-0.15, -0.1) is 0 Å². The number of likely N-dealkylation sites (tertiary alicyclic amines) is 2. The second kappa shape index (κ2) is 9.61. The maximum atomic E-state index is 12.1. The maximum absolute atomic E-state index is 12.1. The molecule has 5 rings (SSSR count). The Morgan fingerprint density at radius 3 is 2.12 bits per heavy atom. The van der Waals surface area contributed by atoms with Crippen molar-refractivity contribution in [3.05, 3.63) is 18.0 Å². The molecule has 4 fully saturated rings. The second-order valence-electron chi connectivity index (χ2n) is 11.8. The lowest BCUT2D eigenvalue weighted by Gasteiger charge is -2.43. The van der Waals surface area contributed by atoms with Gasteiger partial charge in [-0.3, -0.25) is 9.69 Å². The average Bonchev–Trinajstić information content (AvgIpc) is 3.04. The first-order valence-electron chi connectivity index (χ1n) is 13.5. The van der Waals surface area contributed by atoms with Gasteiger partial charge in [-0.05, 0) is 82.9 Å². The highest BCUT2D eigenvalue weighted by molar-refractivity contribution is 5.83. The lowest BCUT2D eigenvalue weighted by Crippen LogP contribution is -2.56. The minimum absolute atomic E-state index is 0.195. The average molecular weight is 454 g/mol. The third kappa shape index (κ3) is 4.84. The fourth-order valence-corrected chi connectivity index (χ4v) is 6.76. The predicted molar refractivity (Wildman–Crippen MR) is 133 cm³/mol. The lowest BCUT2D eigenvalue weighted by atomic mass is 9.70. The number of Topliss-reactive ketones (excluding diaryl/α,β-unsaturated/α-hetero) is 1. The van der Waals surface area contributed by atoms with Crippen LogP contribution in [0.3, 0.4) is 0 Å². The van der Waals surface area contributed by atoms with E-state index in [1.807, 2.05) is 13.8 Å². The van der Waals surface area contributed by atoms with Gasteiger partial charge in [-0.1, -0.05) is 13.8 Å². The Bertz CT molecular complexity index is 796. The number of ketones is 1. The van der Waals surface area contributed by atoms with Gasteiger partial charge in [0.2, 0.25) is 5.95 Å². The second-order valence-corrected chi connectivity index (χ2v) is 11.8. The summed E-state index contributed by atoms with van der Waals surface area (Å²) in [6.45, 7) is 14.5. The fourth-order valence-electron chi connectivity index (χ4n) is 6.76. The molecule has 182 valence electrons. The number of aromatic nitrogens is 2. The highest BCUT2D eigenvalue weighted by Crippen LogP contribution is 2.38. The molecule has 1 saturated carbocycles. The Kier molecular flexibility index (Phi) is 6.76. The minimum Gasteiger partial charge on any atom is -0.332 e. The van der Waals surface area contributed by atoms with Crippen molar-refractivity contribution in [1.82, 2.24) is 19.8 Å². The number of piperidine rings is 1. The van der Waals surface area contributed by atoms with Gasteiger partial charge in [-0.2, -0.15) is 0 Å². The Morgan fingerprint density at radius 2 is 1.58 bits per heavy atom. The van der Waals surface area contributed by atoms with Gasteiger partial charge < -0.3 is 9.80 Å². The van der Waals surface area contributed by atoms with E-state index in [1.165, 1.54) is 37.8 Å². The van der Waals surface area contributed by atoms with Crippen LogP contribution in [0.2, 0.25) is 0 Å². The predicted octanol–water partition coefficient (Wildman–Crippen LogP) is 3.97. The highest BCUT2D eigenvalue weighted by atomic mass is 16.1. The number of carbonyl (C=O) groups excluding carboxylic acids is 1. The molecule has 2 bridgehead atoms. The van der Waals surface area contributed by atoms with Crippen LogP contribution in [0.4, 0.5) is 5.95 Å². The van der Waals surface area contributed by atoms with E-state index < -0.39 is 0 Å². The van der Waals surface area contributed by atoms with Crippen LogP contribution in [0.5, 0.6) is 0 Å². The van der Waals surface area contributed by atoms with Crippen LogP contribution in [0.25, 0.3) is 0 Å². The van der Waals surface area contributed by atoms with Gasteiger partial charge >= 0.3 is 0 Å². The molecule has 6 heteroatoms. The van der Waals surface area contributed by atoms with E-state index in [0.29, 0.717) is 35.7 Å².